The van der Waals surface area contributed by atoms with Gasteiger partial charge in [-0.2, -0.15) is 0 Å². The molecule has 0 spiro atoms. The van der Waals surface area contributed by atoms with E-state index in [0.29, 0.717) is 5.91 Å². The van der Waals surface area contributed by atoms with Gasteiger partial charge < -0.3 is 15.5 Å². The summed E-state index contributed by atoms with van der Waals surface area (Å²) in [5, 5.41) is 6.22. The van der Waals surface area contributed by atoms with E-state index in [4.69, 9.17) is 0 Å². The Morgan fingerprint density at radius 1 is 1.11 bits per heavy atom. The molecule has 0 aromatic carbocycles. The molecule has 0 saturated carbocycles. The third-order valence-corrected chi connectivity index (χ3v) is 3.90. The molecule has 18 heavy (non-hydrogen) atoms. The van der Waals surface area contributed by atoms with Gasteiger partial charge in [-0.3, -0.25) is 9.59 Å². The molecule has 0 radical (unpaired) electrons. The molecule has 2 rings (SSSR count). The van der Waals surface area contributed by atoms with Gasteiger partial charge in [-0.25, -0.2) is 0 Å². The van der Waals surface area contributed by atoms with Gasteiger partial charge in [-0.15, -0.1) is 0 Å². The van der Waals surface area contributed by atoms with Crippen molar-refractivity contribution < 1.29 is 9.59 Å². The first kappa shape index (κ1) is 13.3. The lowest BCUT2D eigenvalue weighted by atomic mass is 9.95. The Morgan fingerprint density at radius 2 is 1.72 bits per heavy atom. The van der Waals surface area contributed by atoms with Gasteiger partial charge in [0.05, 0.1) is 0 Å². The minimum atomic E-state index is 0.0260. The summed E-state index contributed by atoms with van der Waals surface area (Å²) in [5.74, 6) is 0.555. The second-order valence-corrected chi connectivity index (χ2v) is 5.32. The highest BCUT2D eigenvalue weighted by molar-refractivity contribution is 5.79. The lowest BCUT2D eigenvalue weighted by Crippen LogP contribution is -2.48. The Bertz CT molecular complexity index is 305. The normalized spacial score (nSPS) is 22.8. The van der Waals surface area contributed by atoms with Crippen LogP contribution in [0.5, 0.6) is 0 Å². The van der Waals surface area contributed by atoms with Crippen LogP contribution >= 0.6 is 0 Å². The predicted octanol–water partition coefficient (Wildman–Crippen LogP) is 0.113. The second-order valence-electron chi connectivity index (χ2n) is 5.32. The van der Waals surface area contributed by atoms with Gasteiger partial charge >= 0.3 is 0 Å². The SMILES string of the molecule is CC(=O)NC1CCN(C(=O)C2CCNCC2)CC1. The van der Waals surface area contributed by atoms with Crippen molar-refractivity contribution in [2.75, 3.05) is 26.2 Å². The lowest BCUT2D eigenvalue weighted by Gasteiger charge is -2.35. The van der Waals surface area contributed by atoms with Gasteiger partial charge in [0, 0.05) is 32.0 Å². The first-order valence-electron chi connectivity index (χ1n) is 6.93. The fourth-order valence-corrected chi connectivity index (χ4v) is 2.86. The number of hydrogen-bond acceptors (Lipinski definition) is 3. The van der Waals surface area contributed by atoms with E-state index in [9.17, 15) is 9.59 Å². The number of amides is 2. The van der Waals surface area contributed by atoms with E-state index in [1.807, 2.05) is 4.90 Å². The van der Waals surface area contributed by atoms with Crippen LogP contribution in [0.2, 0.25) is 0 Å². The molecular weight excluding hydrogens is 230 g/mol. The number of nitrogens with one attached hydrogen (secondary N) is 2. The molecular formula is C13H23N3O2. The van der Waals surface area contributed by atoms with E-state index in [1.54, 1.807) is 6.92 Å². The van der Waals surface area contributed by atoms with Crippen molar-refractivity contribution >= 4 is 11.8 Å². The minimum Gasteiger partial charge on any atom is -0.353 e. The summed E-state index contributed by atoms with van der Waals surface area (Å²) in [5.41, 5.74) is 0. The number of carbonyl (C=O) groups is 2. The quantitative estimate of drug-likeness (QED) is 0.734. The van der Waals surface area contributed by atoms with Crippen molar-refractivity contribution in [1.29, 1.82) is 0 Å². The summed E-state index contributed by atoms with van der Waals surface area (Å²) in [6.45, 7) is 5.03. The highest BCUT2D eigenvalue weighted by atomic mass is 16.2. The highest BCUT2D eigenvalue weighted by Crippen LogP contribution is 2.18. The van der Waals surface area contributed by atoms with Gasteiger partial charge in [0.1, 0.15) is 0 Å². The summed E-state index contributed by atoms with van der Waals surface area (Å²) in [6.07, 6.45) is 3.70. The molecule has 5 heteroatoms. The molecule has 0 unspecified atom stereocenters. The van der Waals surface area contributed by atoms with Crippen molar-refractivity contribution in [1.82, 2.24) is 15.5 Å². The Labute approximate surface area is 108 Å². The largest absolute Gasteiger partial charge is 0.353 e. The number of rotatable bonds is 2. The Balaban J connectivity index is 1.78. The van der Waals surface area contributed by atoms with Crippen LogP contribution in [0.4, 0.5) is 0 Å². The van der Waals surface area contributed by atoms with Crippen molar-refractivity contribution in [2.45, 2.75) is 38.6 Å². The van der Waals surface area contributed by atoms with Gasteiger partial charge in [0.15, 0.2) is 0 Å². The zero-order chi connectivity index (χ0) is 13.0. The first-order valence-corrected chi connectivity index (χ1v) is 6.93. The molecule has 2 saturated heterocycles. The van der Waals surface area contributed by atoms with E-state index in [-0.39, 0.29) is 17.9 Å². The third kappa shape index (κ3) is 3.45. The molecule has 102 valence electrons. The molecule has 2 heterocycles. The predicted molar refractivity (Wildman–Crippen MR) is 69.0 cm³/mol. The maximum Gasteiger partial charge on any atom is 0.225 e. The van der Waals surface area contributed by atoms with Crippen LogP contribution in [-0.2, 0) is 9.59 Å². The summed E-state index contributed by atoms with van der Waals surface area (Å²) >= 11 is 0. The average molecular weight is 253 g/mol. The molecule has 2 amide bonds. The molecule has 0 aliphatic carbocycles. The van der Waals surface area contributed by atoms with E-state index < -0.39 is 0 Å². The van der Waals surface area contributed by atoms with Gasteiger partial charge in [-0.05, 0) is 38.8 Å². The summed E-state index contributed by atoms with van der Waals surface area (Å²) in [4.78, 5) is 25.2. The van der Waals surface area contributed by atoms with E-state index in [1.165, 1.54) is 0 Å². The molecule has 0 bridgehead atoms. The molecule has 2 N–H and O–H groups in total. The third-order valence-electron chi connectivity index (χ3n) is 3.90. The maximum absolute atomic E-state index is 12.3. The number of nitrogens with zero attached hydrogens (tertiary/aromatic N) is 1. The van der Waals surface area contributed by atoms with E-state index >= 15 is 0 Å². The van der Waals surface area contributed by atoms with Crippen molar-refractivity contribution in [3.8, 4) is 0 Å². The smallest absolute Gasteiger partial charge is 0.225 e. The van der Waals surface area contributed by atoms with Gasteiger partial charge in [0.2, 0.25) is 11.8 Å². The highest BCUT2D eigenvalue weighted by Gasteiger charge is 2.29. The van der Waals surface area contributed by atoms with Crippen molar-refractivity contribution in [3.63, 3.8) is 0 Å². The van der Waals surface area contributed by atoms with Crippen LogP contribution in [0.15, 0.2) is 0 Å². The Morgan fingerprint density at radius 3 is 2.28 bits per heavy atom. The van der Waals surface area contributed by atoms with Crippen molar-refractivity contribution in [3.05, 3.63) is 0 Å². The molecule has 0 aromatic rings. The first-order chi connectivity index (χ1) is 8.66. The minimum absolute atomic E-state index is 0.0260. The van der Waals surface area contributed by atoms with Crippen LogP contribution < -0.4 is 10.6 Å². The molecule has 2 aliphatic heterocycles. The summed E-state index contributed by atoms with van der Waals surface area (Å²) in [6, 6.07) is 0.250. The van der Waals surface area contributed by atoms with Crippen LogP contribution in [0.3, 0.4) is 0 Å². The van der Waals surface area contributed by atoms with Crippen LogP contribution in [0.25, 0.3) is 0 Å². The van der Waals surface area contributed by atoms with Crippen LogP contribution in [-0.4, -0.2) is 48.9 Å². The molecule has 2 fully saturated rings. The van der Waals surface area contributed by atoms with Gasteiger partial charge in [0.25, 0.3) is 0 Å². The van der Waals surface area contributed by atoms with E-state index in [0.717, 1.165) is 51.9 Å². The zero-order valence-electron chi connectivity index (χ0n) is 11.1. The van der Waals surface area contributed by atoms with Crippen LogP contribution in [0.1, 0.15) is 32.6 Å². The van der Waals surface area contributed by atoms with Gasteiger partial charge in [-0.1, -0.05) is 0 Å². The summed E-state index contributed by atoms with van der Waals surface area (Å²) in [7, 11) is 0. The van der Waals surface area contributed by atoms with E-state index in [2.05, 4.69) is 10.6 Å². The second kappa shape index (κ2) is 6.18. The fraction of sp³-hybridized carbons (Fsp3) is 0.846. The number of likely N-dealkylation sites (tertiary alicyclic amines) is 1. The topological polar surface area (TPSA) is 61.4 Å². The monoisotopic (exact) mass is 253 g/mol. The number of carbonyl (C=O) groups excluding carboxylic acids is 2. The lowest BCUT2D eigenvalue weighted by molar-refractivity contribution is -0.137. The average Bonchev–Trinajstić information content (AvgIpc) is 2.39. The van der Waals surface area contributed by atoms with Crippen LogP contribution in [0, 0.1) is 5.92 Å². The molecule has 2 aliphatic rings. The zero-order valence-corrected chi connectivity index (χ0v) is 11.1. The summed E-state index contributed by atoms with van der Waals surface area (Å²) < 4.78 is 0. The maximum atomic E-state index is 12.3. The Hall–Kier alpha value is -1.10. The molecule has 5 nitrogen and oxygen atoms in total. The molecule has 0 aromatic heterocycles. The number of piperidine rings is 2. The molecule has 0 atom stereocenters. The fourth-order valence-electron chi connectivity index (χ4n) is 2.86. The standard InChI is InChI=1S/C13H23N3O2/c1-10(17)15-12-4-8-16(9-5-12)13(18)11-2-6-14-7-3-11/h11-12,14H,2-9H2,1H3,(H,15,17). The number of hydrogen-bond donors (Lipinski definition) is 2. The Kier molecular flexibility index (Phi) is 4.58. The van der Waals surface area contributed by atoms with Crippen molar-refractivity contribution in [2.24, 2.45) is 5.92 Å².